The highest BCUT2D eigenvalue weighted by molar-refractivity contribution is 9.10. The monoisotopic (exact) mass is 397 g/mol. The van der Waals surface area contributed by atoms with Crippen molar-refractivity contribution < 1.29 is 21.9 Å². The topological polar surface area (TPSA) is 69.4 Å². The Labute approximate surface area is 132 Å². The Balaban J connectivity index is 2.42. The second kappa shape index (κ2) is 5.88. The Morgan fingerprint density at radius 1 is 1.14 bits per heavy atom. The molecule has 0 aromatic heterocycles. The summed E-state index contributed by atoms with van der Waals surface area (Å²) in [4.78, 5) is -0.222. The number of hydrogen-bond acceptors (Lipinski definition) is 3. The molecule has 0 saturated carbocycles. The van der Waals surface area contributed by atoms with E-state index in [9.17, 15) is 17.2 Å². The largest absolute Gasteiger partial charge is 0.453 e. The predicted octanol–water partition coefficient (Wildman–Crippen LogP) is 3.82. The normalized spacial score (nSPS) is 11.5. The summed E-state index contributed by atoms with van der Waals surface area (Å²) >= 11 is 8.85. The summed E-state index contributed by atoms with van der Waals surface area (Å²) in [6, 6.07) is 5.54. The van der Waals surface area contributed by atoms with Crippen LogP contribution in [0.3, 0.4) is 0 Å². The summed E-state index contributed by atoms with van der Waals surface area (Å²) < 4.78 is 54.6. The fraction of sp³-hybridized carbons (Fsp3) is 0. The number of sulfonamides is 1. The molecule has 2 aromatic rings. The van der Waals surface area contributed by atoms with E-state index in [1.807, 2.05) is 0 Å². The highest BCUT2D eigenvalue weighted by atomic mass is 79.9. The van der Waals surface area contributed by atoms with Gasteiger partial charge in [-0.15, -0.1) is 0 Å². The zero-order valence-corrected chi connectivity index (χ0v) is 13.3. The molecule has 0 aliphatic carbocycles. The molecule has 0 bridgehead atoms. The Hall–Kier alpha value is -1.22. The van der Waals surface area contributed by atoms with E-state index >= 15 is 0 Å². The van der Waals surface area contributed by atoms with E-state index in [2.05, 4.69) is 15.9 Å². The van der Waals surface area contributed by atoms with Gasteiger partial charge in [-0.2, -0.15) is 4.39 Å². The van der Waals surface area contributed by atoms with E-state index in [0.717, 1.165) is 18.2 Å². The maximum Gasteiger partial charge on any atom is 0.238 e. The van der Waals surface area contributed by atoms with Gasteiger partial charge in [0.15, 0.2) is 11.6 Å². The minimum atomic E-state index is -3.92. The number of nitrogens with two attached hydrogens (primary N) is 1. The minimum Gasteiger partial charge on any atom is -0.453 e. The third kappa shape index (κ3) is 3.70. The summed E-state index contributed by atoms with van der Waals surface area (Å²) in [5, 5.41) is 4.84. The average molecular weight is 399 g/mol. The fourth-order valence-corrected chi connectivity index (χ4v) is 2.70. The van der Waals surface area contributed by atoms with Crippen LogP contribution in [0.1, 0.15) is 0 Å². The first kappa shape index (κ1) is 16.2. The number of benzene rings is 2. The van der Waals surface area contributed by atoms with Crippen molar-refractivity contribution >= 4 is 37.6 Å². The van der Waals surface area contributed by atoms with Crippen molar-refractivity contribution in [2.45, 2.75) is 4.90 Å². The van der Waals surface area contributed by atoms with Gasteiger partial charge in [0.05, 0.1) is 9.92 Å². The summed E-state index contributed by atoms with van der Waals surface area (Å²) in [6.45, 7) is 0. The summed E-state index contributed by atoms with van der Waals surface area (Å²) in [7, 11) is -3.92. The van der Waals surface area contributed by atoms with Gasteiger partial charge in [0.1, 0.15) is 5.75 Å². The van der Waals surface area contributed by atoms with Gasteiger partial charge in [-0.3, -0.25) is 0 Å². The van der Waals surface area contributed by atoms with Crippen molar-refractivity contribution in [3.05, 3.63) is 51.5 Å². The van der Waals surface area contributed by atoms with Gasteiger partial charge in [0.25, 0.3) is 0 Å². The molecule has 0 radical (unpaired) electrons. The number of primary sulfonamides is 1. The van der Waals surface area contributed by atoms with Crippen LogP contribution in [0, 0.1) is 11.6 Å². The van der Waals surface area contributed by atoms with Gasteiger partial charge in [-0.05, 0) is 30.3 Å². The molecule has 4 nitrogen and oxygen atoms in total. The summed E-state index contributed by atoms with van der Waals surface area (Å²) in [5.74, 6) is -2.73. The molecule has 21 heavy (non-hydrogen) atoms. The van der Waals surface area contributed by atoms with Crippen LogP contribution >= 0.6 is 27.5 Å². The molecular formula is C12H7BrClF2NO3S. The van der Waals surface area contributed by atoms with Gasteiger partial charge in [0.2, 0.25) is 15.8 Å². The Kier molecular flexibility index (Phi) is 4.52. The molecule has 2 N–H and O–H groups in total. The first-order chi connectivity index (χ1) is 9.68. The van der Waals surface area contributed by atoms with Crippen LogP contribution in [0.15, 0.2) is 39.7 Å². The smallest absolute Gasteiger partial charge is 0.238 e. The van der Waals surface area contributed by atoms with E-state index in [1.165, 1.54) is 12.1 Å². The Bertz CT molecular complexity index is 814. The molecule has 2 aromatic carbocycles. The molecule has 112 valence electrons. The van der Waals surface area contributed by atoms with E-state index in [4.69, 9.17) is 21.5 Å². The van der Waals surface area contributed by atoms with Crippen molar-refractivity contribution in [3.63, 3.8) is 0 Å². The third-order valence-corrected chi connectivity index (χ3v) is 4.08. The summed E-state index contributed by atoms with van der Waals surface area (Å²) in [6.07, 6.45) is 0. The standard InChI is InChI=1S/C12H7BrClF2NO3S/c13-6-3-9(15)12(16)11(4-6)20-10-2-1-7(5-8(10)14)21(17,18)19/h1-5H,(H2,17,18,19). The maximum atomic E-state index is 13.6. The van der Waals surface area contributed by atoms with E-state index < -0.39 is 27.4 Å². The molecule has 0 unspecified atom stereocenters. The average Bonchev–Trinajstić information content (AvgIpc) is 2.36. The van der Waals surface area contributed by atoms with Crippen LogP contribution in [-0.4, -0.2) is 8.42 Å². The molecule has 0 fully saturated rings. The van der Waals surface area contributed by atoms with Crippen LogP contribution in [-0.2, 0) is 10.0 Å². The van der Waals surface area contributed by atoms with E-state index in [1.54, 1.807) is 0 Å². The molecule has 9 heteroatoms. The van der Waals surface area contributed by atoms with Crippen LogP contribution in [0.4, 0.5) is 8.78 Å². The molecule has 0 saturated heterocycles. The van der Waals surface area contributed by atoms with Crippen LogP contribution in [0.25, 0.3) is 0 Å². The lowest BCUT2D eigenvalue weighted by molar-refractivity contribution is 0.415. The lowest BCUT2D eigenvalue weighted by Gasteiger charge is -2.10. The highest BCUT2D eigenvalue weighted by Crippen LogP contribution is 2.34. The van der Waals surface area contributed by atoms with Crippen LogP contribution in [0.5, 0.6) is 11.5 Å². The molecule has 0 aliphatic heterocycles. The van der Waals surface area contributed by atoms with Gasteiger partial charge in [-0.25, -0.2) is 17.9 Å². The molecule has 0 heterocycles. The van der Waals surface area contributed by atoms with Crippen molar-refractivity contribution in [2.75, 3.05) is 0 Å². The first-order valence-corrected chi connectivity index (χ1v) is 8.05. The minimum absolute atomic E-state index is 0.0412. The fourth-order valence-electron chi connectivity index (χ4n) is 1.47. The van der Waals surface area contributed by atoms with Crippen LogP contribution < -0.4 is 9.88 Å². The van der Waals surface area contributed by atoms with E-state index in [0.29, 0.717) is 0 Å². The zero-order chi connectivity index (χ0) is 15.8. The van der Waals surface area contributed by atoms with Gasteiger partial charge in [0, 0.05) is 4.47 Å². The quantitative estimate of drug-likeness (QED) is 0.799. The molecular weight excluding hydrogens is 392 g/mol. The predicted molar refractivity (Wildman–Crippen MR) is 77.0 cm³/mol. The number of ether oxygens (including phenoxy) is 1. The van der Waals surface area contributed by atoms with Gasteiger partial charge >= 0.3 is 0 Å². The zero-order valence-electron chi connectivity index (χ0n) is 10.1. The first-order valence-electron chi connectivity index (χ1n) is 5.33. The van der Waals surface area contributed by atoms with E-state index in [-0.39, 0.29) is 20.1 Å². The second-order valence-electron chi connectivity index (χ2n) is 3.94. The number of rotatable bonds is 3. The van der Waals surface area contributed by atoms with Crippen molar-refractivity contribution in [2.24, 2.45) is 5.14 Å². The lowest BCUT2D eigenvalue weighted by atomic mass is 10.3. The number of hydrogen-bond donors (Lipinski definition) is 1. The molecule has 0 aliphatic rings. The molecule has 0 amide bonds. The summed E-state index contributed by atoms with van der Waals surface area (Å²) in [5.41, 5.74) is 0. The van der Waals surface area contributed by atoms with Gasteiger partial charge in [-0.1, -0.05) is 27.5 Å². The van der Waals surface area contributed by atoms with Crippen molar-refractivity contribution in [3.8, 4) is 11.5 Å². The Morgan fingerprint density at radius 2 is 1.81 bits per heavy atom. The molecule has 0 atom stereocenters. The maximum absolute atomic E-state index is 13.6. The third-order valence-electron chi connectivity index (χ3n) is 2.41. The van der Waals surface area contributed by atoms with Crippen LogP contribution in [0.2, 0.25) is 5.02 Å². The van der Waals surface area contributed by atoms with Gasteiger partial charge < -0.3 is 4.74 Å². The Morgan fingerprint density at radius 3 is 2.38 bits per heavy atom. The highest BCUT2D eigenvalue weighted by Gasteiger charge is 2.15. The lowest BCUT2D eigenvalue weighted by Crippen LogP contribution is -2.11. The number of halogens is 4. The SMILES string of the molecule is NS(=O)(=O)c1ccc(Oc2cc(Br)cc(F)c2F)c(Cl)c1. The van der Waals surface area contributed by atoms with Crippen molar-refractivity contribution in [1.82, 2.24) is 0 Å². The molecule has 0 spiro atoms. The molecule has 2 rings (SSSR count). The van der Waals surface area contributed by atoms with Crippen molar-refractivity contribution in [1.29, 1.82) is 0 Å². The second-order valence-corrected chi connectivity index (χ2v) is 6.82.